The van der Waals surface area contributed by atoms with Gasteiger partial charge >= 0.3 is 0 Å². The number of halogens is 2. The van der Waals surface area contributed by atoms with Gasteiger partial charge in [0.1, 0.15) is 10.8 Å². The summed E-state index contributed by atoms with van der Waals surface area (Å²) in [4.78, 5) is 9.28. The van der Waals surface area contributed by atoms with E-state index in [9.17, 15) is 0 Å². The van der Waals surface area contributed by atoms with Crippen LogP contribution in [0.2, 0.25) is 10.0 Å². The van der Waals surface area contributed by atoms with Crippen LogP contribution in [0.25, 0.3) is 0 Å². The Hall–Kier alpha value is -0.620. The van der Waals surface area contributed by atoms with Gasteiger partial charge in [-0.3, -0.25) is 0 Å². The molecule has 2 N–H and O–H groups in total. The topological polar surface area (TPSA) is 51.8 Å². The summed E-state index contributed by atoms with van der Waals surface area (Å²) in [6, 6.07) is 7.01. The van der Waals surface area contributed by atoms with Crippen LogP contribution in [0.4, 0.5) is 5.82 Å². The molecule has 0 spiro atoms. The van der Waals surface area contributed by atoms with Crippen molar-refractivity contribution in [1.29, 1.82) is 0 Å². The van der Waals surface area contributed by atoms with E-state index in [1.165, 1.54) is 23.5 Å². The van der Waals surface area contributed by atoms with Crippen molar-refractivity contribution >= 4 is 52.5 Å². The second-order valence-corrected chi connectivity index (χ2v) is 5.97. The SMILES string of the molecule is CSc1nc(N)cc(Sc2cc(Cl)ccc2Cl)n1. The smallest absolute Gasteiger partial charge is 0.190 e. The van der Waals surface area contributed by atoms with Gasteiger partial charge in [-0.2, -0.15) is 0 Å². The van der Waals surface area contributed by atoms with E-state index >= 15 is 0 Å². The summed E-state index contributed by atoms with van der Waals surface area (Å²) in [5.74, 6) is 0.440. The van der Waals surface area contributed by atoms with Gasteiger partial charge in [-0.05, 0) is 24.5 Å². The van der Waals surface area contributed by atoms with Gasteiger partial charge in [0.15, 0.2) is 5.16 Å². The van der Waals surface area contributed by atoms with Gasteiger partial charge in [-0.1, -0.05) is 46.7 Å². The molecule has 0 bridgehead atoms. The molecule has 0 fully saturated rings. The summed E-state index contributed by atoms with van der Waals surface area (Å²) in [6.45, 7) is 0. The Labute approximate surface area is 123 Å². The summed E-state index contributed by atoms with van der Waals surface area (Å²) >= 11 is 14.9. The normalized spacial score (nSPS) is 10.6. The van der Waals surface area contributed by atoms with Crippen molar-refractivity contribution in [3.05, 3.63) is 34.3 Å². The molecule has 2 rings (SSSR count). The van der Waals surface area contributed by atoms with E-state index in [1.807, 2.05) is 6.26 Å². The average Bonchev–Trinajstić information content (AvgIpc) is 2.33. The first-order valence-corrected chi connectivity index (χ1v) is 7.69. The van der Waals surface area contributed by atoms with E-state index in [0.29, 0.717) is 21.0 Å². The van der Waals surface area contributed by atoms with Crippen LogP contribution in [-0.2, 0) is 0 Å². The molecule has 0 amide bonds. The van der Waals surface area contributed by atoms with Crippen LogP contribution in [0.3, 0.4) is 0 Å². The molecule has 1 aromatic heterocycles. The highest BCUT2D eigenvalue weighted by Gasteiger charge is 2.07. The first-order valence-electron chi connectivity index (χ1n) is 4.90. The van der Waals surface area contributed by atoms with Crippen molar-refractivity contribution in [3.63, 3.8) is 0 Å². The fourth-order valence-electron chi connectivity index (χ4n) is 1.23. The maximum absolute atomic E-state index is 6.10. The molecule has 1 aromatic carbocycles. The lowest BCUT2D eigenvalue weighted by atomic mass is 10.4. The van der Waals surface area contributed by atoms with E-state index in [1.54, 1.807) is 24.3 Å². The molecule has 0 aliphatic rings. The molecular weight excluding hydrogens is 309 g/mol. The van der Waals surface area contributed by atoms with Crippen molar-refractivity contribution < 1.29 is 0 Å². The predicted molar refractivity (Wildman–Crippen MR) is 78.8 cm³/mol. The number of hydrogen-bond donors (Lipinski definition) is 1. The van der Waals surface area contributed by atoms with E-state index < -0.39 is 0 Å². The first kappa shape index (κ1) is 13.8. The second kappa shape index (κ2) is 6.02. The van der Waals surface area contributed by atoms with E-state index in [4.69, 9.17) is 28.9 Å². The highest BCUT2D eigenvalue weighted by atomic mass is 35.5. The molecule has 0 radical (unpaired) electrons. The molecule has 0 aliphatic carbocycles. The van der Waals surface area contributed by atoms with Crippen molar-refractivity contribution in [2.24, 2.45) is 0 Å². The molecule has 7 heteroatoms. The molecule has 0 saturated heterocycles. The van der Waals surface area contributed by atoms with Crippen LogP contribution in [0.5, 0.6) is 0 Å². The van der Waals surface area contributed by atoms with Gasteiger partial charge in [0.2, 0.25) is 0 Å². The minimum atomic E-state index is 0.440. The molecular formula is C11H9Cl2N3S2. The van der Waals surface area contributed by atoms with Gasteiger partial charge in [-0.15, -0.1) is 0 Å². The molecule has 3 nitrogen and oxygen atoms in total. The van der Waals surface area contributed by atoms with Gasteiger partial charge in [0, 0.05) is 16.0 Å². The first-order chi connectivity index (χ1) is 8.58. The number of nitrogens with zero attached hydrogens (tertiary/aromatic N) is 2. The highest BCUT2D eigenvalue weighted by Crippen LogP contribution is 2.35. The Morgan fingerprint density at radius 2 is 1.94 bits per heavy atom. The molecule has 0 unspecified atom stereocenters. The minimum Gasteiger partial charge on any atom is -0.384 e. The van der Waals surface area contributed by atoms with Crippen LogP contribution >= 0.6 is 46.7 Å². The van der Waals surface area contributed by atoms with Gasteiger partial charge < -0.3 is 5.73 Å². The van der Waals surface area contributed by atoms with Crippen LogP contribution in [0.15, 0.2) is 39.3 Å². The summed E-state index contributed by atoms with van der Waals surface area (Å²) in [5, 5.41) is 2.65. The second-order valence-electron chi connectivity index (χ2n) is 3.29. The number of nitrogen functional groups attached to an aromatic ring is 1. The Morgan fingerprint density at radius 3 is 2.67 bits per heavy atom. The van der Waals surface area contributed by atoms with Gasteiger partial charge in [0.05, 0.1) is 5.02 Å². The Bertz CT molecular complexity index is 578. The number of rotatable bonds is 3. The fourth-order valence-corrected chi connectivity index (χ4v) is 3.04. The summed E-state index contributed by atoms with van der Waals surface area (Å²) < 4.78 is 0. The van der Waals surface area contributed by atoms with Crippen LogP contribution in [0.1, 0.15) is 0 Å². The van der Waals surface area contributed by atoms with Crippen molar-refractivity contribution in [2.75, 3.05) is 12.0 Å². The average molecular weight is 318 g/mol. The summed E-state index contributed by atoms with van der Waals surface area (Å²) in [7, 11) is 0. The Kier molecular flexibility index (Phi) is 4.61. The number of benzene rings is 1. The largest absolute Gasteiger partial charge is 0.384 e. The maximum atomic E-state index is 6.10. The van der Waals surface area contributed by atoms with Crippen molar-refractivity contribution in [1.82, 2.24) is 9.97 Å². The van der Waals surface area contributed by atoms with Crippen LogP contribution < -0.4 is 5.73 Å². The molecule has 0 atom stereocenters. The minimum absolute atomic E-state index is 0.440. The highest BCUT2D eigenvalue weighted by molar-refractivity contribution is 7.99. The van der Waals surface area contributed by atoms with E-state index in [2.05, 4.69) is 9.97 Å². The third-order valence-corrected chi connectivity index (χ3v) is 4.19. The Balaban J connectivity index is 2.33. The molecule has 2 aromatic rings. The zero-order valence-corrected chi connectivity index (χ0v) is 12.5. The predicted octanol–water partition coefficient (Wildman–Crippen LogP) is 4.24. The van der Waals surface area contributed by atoms with Crippen molar-refractivity contribution in [2.45, 2.75) is 15.1 Å². The number of nitrogens with two attached hydrogens (primary N) is 1. The molecule has 18 heavy (non-hydrogen) atoms. The van der Waals surface area contributed by atoms with Gasteiger partial charge in [-0.25, -0.2) is 9.97 Å². The third kappa shape index (κ3) is 3.45. The molecule has 94 valence electrons. The fraction of sp³-hybridized carbons (Fsp3) is 0.0909. The molecule has 0 aliphatic heterocycles. The van der Waals surface area contributed by atoms with Crippen LogP contribution in [-0.4, -0.2) is 16.2 Å². The zero-order chi connectivity index (χ0) is 13.1. The van der Waals surface area contributed by atoms with Gasteiger partial charge in [0.25, 0.3) is 0 Å². The lowest BCUT2D eigenvalue weighted by Crippen LogP contribution is -1.95. The number of thioether (sulfide) groups is 1. The monoisotopic (exact) mass is 317 g/mol. The summed E-state index contributed by atoms with van der Waals surface area (Å²) in [6.07, 6.45) is 1.90. The number of anilines is 1. The van der Waals surface area contributed by atoms with Crippen LogP contribution in [0, 0.1) is 0 Å². The zero-order valence-electron chi connectivity index (χ0n) is 9.35. The lowest BCUT2D eigenvalue weighted by Gasteiger charge is -2.06. The van der Waals surface area contributed by atoms with E-state index in [0.717, 1.165) is 9.92 Å². The quantitative estimate of drug-likeness (QED) is 0.521. The molecule has 1 heterocycles. The lowest BCUT2D eigenvalue weighted by molar-refractivity contribution is 0.902. The third-order valence-electron chi connectivity index (χ3n) is 1.99. The Morgan fingerprint density at radius 1 is 1.17 bits per heavy atom. The number of hydrogen-bond acceptors (Lipinski definition) is 5. The summed E-state index contributed by atoms with van der Waals surface area (Å²) in [5.41, 5.74) is 5.72. The number of aromatic nitrogens is 2. The standard InChI is InChI=1S/C11H9Cl2N3S2/c1-17-11-15-9(14)5-10(16-11)18-8-4-6(12)2-3-7(8)13/h2-5H,1H3,(H2,14,15,16). The molecule has 0 saturated carbocycles. The maximum Gasteiger partial charge on any atom is 0.190 e. The van der Waals surface area contributed by atoms with E-state index in [-0.39, 0.29) is 0 Å². The van der Waals surface area contributed by atoms with Crippen molar-refractivity contribution in [3.8, 4) is 0 Å².